The first-order valence-electron chi connectivity index (χ1n) is 13.2. The molecule has 5 rings (SSSR count). The Hall–Kier alpha value is -3.34. The average Bonchev–Trinajstić information content (AvgIpc) is 3.28. The van der Waals surface area contributed by atoms with Crippen LogP contribution in [0.4, 0.5) is 0 Å². The number of piperazine rings is 1. The van der Waals surface area contributed by atoms with Gasteiger partial charge in [0, 0.05) is 42.2 Å². The van der Waals surface area contributed by atoms with Gasteiger partial charge in [-0.25, -0.2) is 13.4 Å². The molecule has 39 heavy (non-hydrogen) atoms. The van der Waals surface area contributed by atoms with Crippen LogP contribution in [0.2, 0.25) is 0 Å². The summed E-state index contributed by atoms with van der Waals surface area (Å²) in [6, 6.07) is 14.1. The van der Waals surface area contributed by atoms with Gasteiger partial charge in [-0.15, -0.1) is 11.3 Å². The number of amides is 1. The van der Waals surface area contributed by atoms with Gasteiger partial charge in [-0.05, 0) is 55.2 Å². The predicted octanol–water partition coefficient (Wildman–Crippen LogP) is 4.62. The molecule has 2 aromatic heterocycles. The van der Waals surface area contributed by atoms with E-state index in [1.165, 1.54) is 15.6 Å². The summed E-state index contributed by atoms with van der Waals surface area (Å²) < 4.78 is 27.7. The van der Waals surface area contributed by atoms with E-state index in [4.69, 9.17) is 0 Å². The summed E-state index contributed by atoms with van der Waals surface area (Å²) in [7, 11) is -3.61. The number of rotatable bonds is 7. The van der Waals surface area contributed by atoms with E-state index in [9.17, 15) is 18.0 Å². The highest BCUT2D eigenvalue weighted by Gasteiger charge is 2.30. The summed E-state index contributed by atoms with van der Waals surface area (Å²) >= 11 is 1.52. The lowest BCUT2D eigenvalue weighted by Gasteiger charge is -2.34. The van der Waals surface area contributed by atoms with Crippen LogP contribution in [-0.2, 0) is 22.9 Å². The third-order valence-electron chi connectivity index (χ3n) is 7.25. The number of hydrogen-bond acceptors (Lipinski definition) is 6. The number of benzene rings is 2. The van der Waals surface area contributed by atoms with Gasteiger partial charge in [0.25, 0.3) is 11.5 Å². The Morgan fingerprint density at radius 1 is 1.00 bits per heavy atom. The largest absolute Gasteiger partial charge is 0.336 e. The highest BCUT2D eigenvalue weighted by Crippen LogP contribution is 2.29. The van der Waals surface area contributed by atoms with E-state index in [-0.39, 0.29) is 29.5 Å². The van der Waals surface area contributed by atoms with Crippen LogP contribution in [0.25, 0.3) is 21.6 Å². The second kappa shape index (κ2) is 11.0. The number of carbonyl (C=O) groups is 1. The van der Waals surface area contributed by atoms with Crippen molar-refractivity contribution in [3.05, 3.63) is 80.5 Å². The van der Waals surface area contributed by atoms with Crippen molar-refractivity contribution >= 4 is 37.5 Å². The first-order valence-corrected chi connectivity index (χ1v) is 15.5. The Balaban J connectivity index is 1.26. The highest BCUT2D eigenvalue weighted by atomic mass is 32.2. The number of aryl methyl sites for hydroxylation is 3. The van der Waals surface area contributed by atoms with E-state index in [0.29, 0.717) is 34.7 Å². The topological polar surface area (TPSA) is 103 Å². The van der Waals surface area contributed by atoms with Crippen molar-refractivity contribution in [3.63, 3.8) is 0 Å². The fourth-order valence-corrected chi connectivity index (χ4v) is 7.62. The van der Waals surface area contributed by atoms with Crippen LogP contribution in [0.5, 0.6) is 0 Å². The Kier molecular flexibility index (Phi) is 7.70. The van der Waals surface area contributed by atoms with Gasteiger partial charge < -0.3 is 9.88 Å². The lowest BCUT2D eigenvalue weighted by atomic mass is 10.1. The predicted molar refractivity (Wildman–Crippen MR) is 155 cm³/mol. The van der Waals surface area contributed by atoms with Crippen LogP contribution < -0.4 is 5.56 Å². The zero-order valence-electron chi connectivity index (χ0n) is 22.4. The number of nitrogens with zero attached hydrogens (tertiary/aromatic N) is 3. The van der Waals surface area contributed by atoms with Gasteiger partial charge in [0.15, 0.2) is 0 Å². The molecule has 4 aromatic rings. The first kappa shape index (κ1) is 27.2. The minimum Gasteiger partial charge on any atom is -0.336 e. The van der Waals surface area contributed by atoms with Crippen LogP contribution in [-0.4, -0.2) is 59.7 Å². The third-order valence-corrected chi connectivity index (χ3v) is 10.2. The smallest absolute Gasteiger partial charge is 0.260 e. The summed E-state index contributed by atoms with van der Waals surface area (Å²) in [5, 5.41) is 0.658. The lowest BCUT2D eigenvalue weighted by Crippen LogP contribution is -2.50. The molecule has 204 valence electrons. The molecule has 0 aliphatic carbocycles. The number of carbonyl (C=O) groups excluding carboxylic acids is 1. The Morgan fingerprint density at radius 3 is 2.28 bits per heavy atom. The third kappa shape index (κ3) is 5.28. The van der Waals surface area contributed by atoms with E-state index < -0.39 is 10.0 Å². The fourth-order valence-electron chi connectivity index (χ4n) is 5.09. The van der Waals surface area contributed by atoms with Gasteiger partial charge >= 0.3 is 0 Å². The normalized spacial score (nSPS) is 14.7. The minimum atomic E-state index is -3.61. The average molecular weight is 565 g/mol. The van der Waals surface area contributed by atoms with Crippen molar-refractivity contribution in [1.29, 1.82) is 0 Å². The molecule has 1 aliphatic rings. The van der Waals surface area contributed by atoms with Crippen molar-refractivity contribution in [2.45, 2.75) is 44.9 Å². The Bertz CT molecular complexity index is 1670. The van der Waals surface area contributed by atoms with Gasteiger partial charge in [0.05, 0.1) is 10.3 Å². The van der Waals surface area contributed by atoms with Crippen molar-refractivity contribution < 1.29 is 13.2 Å². The molecule has 1 N–H and O–H groups in total. The first-order chi connectivity index (χ1) is 18.7. The molecule has 1 saturated heterocycles. The van der Waals surface area contributed by atoms with Gasteiger partial charge in [-0.2, -0.15) is 4.31 Å². The van der Waals surface area contributed by atoms with Crippen molar-refractivity contribution in [3.8, 4) is 11.4 Å². The second-order valence-corrected chi connectivity index (χ2v) is 12.9. The molecule has 0 bridgehead atoms. The molecule has 0 spiro atoms. The zero-order valence-corrected chi connectivity index (χ0v) is 24.0. The number of aromatic nitrogens is 2. The standard InChI is InChI=1S/C29H32N4O4S2/c1-4-6-20-7-13-23(14-8-20)39(36,37)33-17-15-32(16-18-33)29(35)22-11-9-21(10-12-22)26-30-27(34)25-24(5-2)19(3)38-28(25)31-26/h7-14H,4-6,15-18H2,1-3H3,(H,30,31,34). The summed E-state index contributed by atoms with van der Waals surface area (Å²) in [5.41, 5.74) is 3.23. The molecule has 10 heteroatoms. The van der Waals surface area contributed by atoms with Crippen molar-refractivity contribution in [1.82, 2.24) is 19.2 Å². The van der Waals surface area contributed by atoms with E-state index in [1.54, 1.807) is 41.3 Å². The van der Waals surface area contributed by atoms with Crippen molar-refractivity contribution in [2.24, 2.45) is 0 Å². The number of thiophene rings is 1. The molecule has 0 saturated carbocycles. The van der Waals surface area contributed by atoms with Crippen LogP contribution in [0, 0.1) is 6.92 Å². The maximum atomic E-state index is 13.2. The SMILES string of the molecule is CCCc1ccc(S(=O)(=O)N2CCN(C(=O)c3ccc(-c4nc5sc(C)c(CC)c5c(=O)[nH]4)cc3)CC2)cc1. The zero-order chi connectivity index (χ0) is 27.7. The number of H-pyrrole nitrogens is 1. The molecular formula is C29H32N4O4S2. The molecule has 3 heterocycles. The van der Waals surface area contributed by atoms with Crippen molar-refractivity contribution in [2.75, 3.05) is 26.2 Å². The molecule has 2 aromatic carbocycles. The van der Waals surface area contributed by atoms with E-state index in [1.807, 2.05) is 26.0 Å². The molecule has 1 amide bonds. The number of aromatic amines is 1. The number of nitrogens with one attached hydrogen (secondary N) is 1. The summed E-state index contributed by atoms with van der Waals surface area (Å²) in [4.78, 5) is 37.3. The maximum absolute atomic E-state index is 13.2. The van der Waals surface area contributed by atoms with E-state index >= 15 is 0 Å². The molecule has 0 unspecified atom stereocenters. The summed E-state index contributed by atoms with van der Waals surface area (Å²) in [6.07, 6.45) is 2.70. The summed E-state index contributed by atoms with van der Waals surface area (Å²) in [6.45, 7) is 7.25. The molecule has 1 fully saturated rings. The number of hydrogen-bond donors (Lipinski definition) is 1. The van der Waals surface area contributed by atoms with Gasteiger partial charge in [0.1, 0.15) is 10.7 Å². The summed E-state index contributed by atoms with van der Waals surface area (Å²) in [5.74, 6) is 0.317. The van der Waals surface area contributed by atoms with Crippen LogP contribution in [0.1, 0.15) is 46.6 Å². The molecule has 8 nitrogen and oxygen atoms in total. The highest BCUT2D eigenvalue weighted by molar-refractivity contribution is 7.89. The molecule has 1 aliphatic heterocycles. The Labute approximate surface area is 232 Å². The molecule has 0 atom stereocenters. The maximum Gasteiger partial charge on any atom is 0.260 e. The number of sulfonamides is 1. The Morgan fingerprint density at radius 2 is 1.67 bits per heavy atom. The second-order valence-electron chi connectivity index (χ2n) is 9.75. The van der Waals surface area contributed by atoms with Gasteiger partial charge in [0.2, 0.25) is 10.0 Å². The fraction of sp³-hybridized carbons (Fsp3) is 0.345. The van der Waals surface area contributed by atoms with E-state index in [2.05, 4.69) is 16.9 Å². The lowest BCUT2D eigenvalue weighted by molar-refractivity contribution is 0.0698. The van der Waals surface area contributed by atoms with Crippen LogP contribution in [0.3, 0.4) is 0 Å². The van der Waals surface area contributed by atoms with Crippen LogP contribution in [0.15, 0.2) is 58.2 Å². The minimum absolute atomic E-state index is 0.152. The monoisotopic (exact) mass is 564 g/mol. The molecular weight excluding hydrogens is 532 g/mol. The van der Waals surface area contributed by atoms with Crippen LogP contribution >= 0.6 is 11.3 Å². The molecule has 0 radical (unpaired) electrons. The quantitative estimate of drug-likeness (QED) is 0.353. The van der Waals surface area contributed by atoms with Gasteiger partial charge in [-0.1, -0.05) is 44.5 Å². The van der Waals surface area contributed by atoms with E-state index in [0.717, 1.165) is 40.8 Å². The number of fused-ring (bicyclic) bond motifs is 1. The van der Waals surface area contributed by atoms with Gasteiger partial charge in [-0.3, -0.25) is 9.59 Å².